The van der Waals surface area contributed by atoms with Crippen molar-refractivity contribution in [3.63, 3.8) is 0 Å². The summed E-state index contributed by atoms with van der Waals surface area (Å²) in [6.45, 7) is 1.10. The number of benzene rings is 1. The van der Waals surface area contributed by atoms with E-state index in [0.717, 1.165) is 0 Å². The van der Waals surface area contributed by atoms with Crippen molar-refractivity contribution >= 4 is 34.6 Å². The van der Waals surface area contributed by atoms with Gasteiger partial charge in [-0.3, -0.25) is 10.1 Å². The number of rotatable bonds is 7. The fourth-order valence-corrected chi connectivity index (χ4v) is 2.33. The minimum Gasteiger partial charge on any atom is -0.395 e. The number of ether oxygens (including phenoxy) is 1. The Labute approximate surface area is 120 Å². The van der Waals surface area contributed by atoms with Crippen LogP contribution in [0, 0.1) is 10.1 Å². The Balaban J connectivity index is 3.11. The Morgan fingerprint density at radius 1 is 1.37 bits per heavy atom. The molecule has 0 atom stereocenters. The van der Waals surface area contributed by atoms with Gasteiger partial charge >= 0.3 is 0 Å². The fraction of sp³-hybridized carbons (Fsp3) is 0.455. The molecule has 1 aromatic rings. The molecule has 6 nitrogen and oxygen atoms in total. The molecule has 1 rings (SSSR count). The van der Waals surface area contributed by atoms with Crippen molar-refractivity contribution in [2.75, 3.05) is 38.3 Å². The van der Waals surface area contributed by atoms with Crippen LogP contribution in [0.25, 0.3) is 0 Å². The van der Waals surface area contributed by atoms with E-state index in [-0.39, 0.29) is 22.3 Å². The summed E-state index contributed by atoms with van der Waals surface area (Å²) in [4.78, 5) is 11.9. The Hall–Kier alpha value is -1.08. The molecule has 1 N–H and O–H groups in total. The number of nitro benzene ring substituents is 1. The van der Waals surface area contributed by atoms with Crippen LogP contribution < -0.4 is 4.90 Å². The van der Waals surface area contributed by atoms with Gasteiger partial charge < -0.3 is 14.7 Å². The molecule has 0 heterocycles. The lowest BCUT2D eigenvalue weighted by molar-refractivity contribution is -0.384. The van der Waals surface area contributed by atoms with Crippen LogP contribution in [0.15, 0.2) is 12.1 Å². The molecule has 0 unspecified atom stereocenters. The molecular formula is C11H14Cl2N2O4. The highest BCUT2D eigenvalue weighted by atomic mass is 35.5. The van der Waals surface area contributed by atoms with Gasteiger partial charge in [-0.2, -0.15) is 0 Å². The number of non-ortho nitro benzene ring substituents is 1. The number of aliphatic hydroxyl groups excluding tert-OH is 1. The van der Waals surface area contributed by atoms with Gasteiger partial charge in [-0.15, -0.1) is 0 Å². The van der Waals surface area contributed by atoms with E-state index in [0.29, 0.717) is 25.4 Å². The van der Waals surface area contributed by atoms with E-state index >= 15 is 0 Å². The summed E-state index contributed by atoms with van der Waals surface area (Å²) in [5.41, 5.74) is 0.287. The number of aliphatic hydroxyl groups is 1. The van der Waals surface area contributed by atoms with Gasteiger partial charge in [-0.05, 0) is 0 Å². The molecule has 0 radical (unpaired) electrons. The van der Waals surface area contributed by atoms with E-state index in [1.807, 2.05) is 0 Å². The summed E-state index contributed by atoms with van der Waals surface area (Å²) in [7, 11) is 1.55. The van der Waals surface area contributed by atoms with Crippen molar-refractivity contribution in [3.05, 3.63) is 32.3 Å². The standard InChI is InChI=1S/C11H14Cl2N2O4/c1-19-5-3-14(2-4-16)11-9(12)6-8(15(17)18)7-10(11)13/h6-7,16H,2-5H2,1H3. The lowest BCUT2D eigenvalue weighted by Crippen LogP contribution is -2.30. The molecule has 0 aliphatic heterocycles. The average Bonchev–Trinajstić information content (AvgIpc) is 2.34. The highest BCUT2D eigenvalue weighted by molar-refractivity contribution is 6.39. The quantitative estimate of drug-likeness (QED) is 0.618. The molecule has 0 bridgehead atoms. The van der Waals surface area contributed by atoms with Crippen molar-refractivity contribution in [2.24, 2.45) is 0 Å². The number of hydrogen-bond acceptors (Lipinski definition) is 5. The lowest BCUT2D eigenvalue weighted by Gasteiger charge is -2.25. The first kappa shape index (κ1) is 16.0. The topological polar surface area (TPSA) is 75.8 Å². The van der Waals surface area contributed by atoms with Crippen molar-refractivity contribution in [3.8, 4) is 0 Å². The minimum absolute atomic E-state index is 0.0899. The Morgan fingerprint density at radius 3 is 2.37 bits per heavy atom. The minimum atomic E-state index is -0.562. The van der Waals surface area contributed by atoms with Crippen LogP contribution in [0.3, 0.4) is 0 Å². The molecule has 0 aromatic heterocycles. The first-order valence-corrected chi connectivity index (χ1v) is 6.25. The zero-order valence-electron chi connectivity index (χ0n) is 10.3. The second-order valence-corrected chi connectivity index (χ2v) is 4.53. The highest BCUT2D eigenvalue weighted by Gasteiger charge is 2.19. The Bertz CT molecular complexity index is 433. The molecule has 0 fully saturated rings. The predicted molar refractivity (Wildman–Crippen MR) is 74.3 cm³/mol. The first-order chi connectivity index (χ1) is 9.01. The normalized spacial score (nSPS) is 10.5. The second-order valence-electron chi connectivity index (χ2n) is 3.72. The third kappa shape index (κ3) is 4.21. The van der Waals surface area contributed by atoms with Gasteiger partial charge in [0.1, 0.15) is 0 Å². The van der Waals surface area contributed by atoms with E-state index in [1.54, 1.807) is 12.0 Å². The molecule has 0 saturated carbocycles. The molecule has 0 aliphatic carbocycles. The second kappa shape index (κ2) is 7.49. The Kier molecular flexibility index (Phi) is 6.30. The van der Waals surface area contributed by atoms with Gasteiger partial charge in [0.25, 0.3) is 5.69 Å². The van der Waals surface area contributed by atoms with Gasteiger partial charge in [0.05, 0.1) is 33.9 Å². The molecular weight excluding hydrogens is 295 g/mol. The molecule has 19 heavy (non-hydrogen) atoms. The van der Waals surface area contributed by atoms with E-state index < -0.39 is 4.92 Å². The van der Waals surface area contributed by atoms with Gasteiger partial charge in [-0.1, -0.05) is 23.2 Å². The fourth-order valence-electron chi connectivity index (χ4n) is 1.62. The van der Waals surface area contributed by atoms with Gasteiger partial charge in [0.2, 0.25) is 0 Å². The largest absolute Gasteiger partial charge is 0.395 e. The van der Waals surface area contributed by atoms with Crippen LogP contribution in [0.5, 0.6) is 0 Å². The van der Waals surface area contributed by atoms with Crippen LogP contribution in [-0.4, -0.2) is 43.4 Å². The van der Waals surface area contributed by atoms with E-state index in [4.69, 9.17) is 33.0 Å². The number of nitrogens with zero attached hydrogens (tertiary/aromatic N) is 2. The SMILES string of the molecule is COCCN(CCO)c1c(Cl)cc([N+](=O)[O-])cc1Cl. The average molecular weight is 309 g/mol. The summed E-state index contributed by atoms with van der Waals surface area (Å²) in [5.74, 6) is 0. The summed E-state index contributed by atoms with van der Waals surface area (Å²) >= 11 is 12.1. The van der Waals surface area contributed by atoms with Gasteiger partial charge in [0, 0.05) is 32.3 Å². The lowest BCUT2D eigenvalue weighted by atomic mass is 10.2. The monoisotopic (exact) mass is 308 g/mol. The Morgan fingerprint density at radius 2 is 1.95 bits per heavy atom. The van der Waals surface area contributed by atoms with E-state index in [1.165, 1.54) is 12.1 Å². The first-order valence-electron chi connectivity index (χ1n) is 5.49. The maximum Gasteiger partial charge on any atom is 0.272 e. The van der Waals surface area contributed by atoms with E-state index in [9.17, 15) is 10.1 Å². The maximum atomic E-state index is 10.7. The van der Waals surface area contributed by atoms with Gasteiger partial charge in [-0.25, -0.2) is 0 Å². The van der Waals surface area contributed by atoms with Crippen molar-refractivity contribution < 1.29 is 14.8 Å². The smallest absolute Gasteiger partial charge is 0.272 e. The van der Waals surface area contributed by atoms with Crippen LogP contribution in [0.4, 0.5) is 11.4 Å². The molecule has 106 valence electrons. The molecule has 8 heteroatoms. The summed E-state index contributed by atoms with van der Waals surface area (Å²) in [6, 6.07) is 2.47. The number of anilines is 1. The van der Waals surface area contributed by atoms with Crippen LogP contribution in [-0.2, 0) is 4.74 Å². The summed E-state index contributed by atoms with van der Waals surface area (Å²) in [6.07, 6.45) is 0. The molecule has 0 amide bonds. The zero-order chi connectivity index (χ0) is 14.4. The zero-order valence-corrected chi connectivity index (χ0v) is 11.8. The third-order valence-corrected chi connectivity index (χ3v) is 3.04. The third-order valence-electron chi connectivity index (χ3n) is 2.46. The molecule has 0 spiro atoms. The summed E-state index contributed by atoms with van der Waals surface area (Å²) < 4.78 is 4.96. The van der Waals surface area contributed by atoms with Crippen molar-refractivity contribution in [2.45, 2.75) is 0 Å². The maximum absolute atomic E-state index is 10.7. The number of methoxy groups -OCH3 is 1. The molecule has 0 aliphatic rings. The van der Waals surface area contributed by atoms with Crippen LogP contribution in [0.1, 0.15) is 0 Å². The van der Waals surface area contributed by atoms with E-state index in [2.05, 4.69) is 0 Å². The van der Waals surface area contributed by atoms with Crippen LogP contribution >= 0.6 is 23.2 Å². The highest BCUT2D eigenvalue weighted by Crippen LogP contribution is 2.37. The van der Waals surface area contributed by atoms with Crippen molar-refractivity contribution in [1.82, 2.24) is 0 Å². The van der Waals surface area contributed by atoms with Crippen molar-refractivity contribution in [1.29, 1.82) is 0 Å². The molecule has 1 aromatic carbocycles. The number of hydrogen-bond donors (Lipinski definition) is 1. The molecule has 0 saturated heterocycles. The predicted octanol–water partition coefficient (Wildman–Crippen LogP) is 2.35. The number of halogens is 2. The van der Waals surface area contributed by atoms with Gasteiger partial charge in [0.15, 0.2) is 0 Å². The summed E-state index contributed by atoms with van der Waals surface area (Å²) in [5, 5.41) is 20.1. The van der Waals surface area contributed by atoms with Crippen LogP contribution in [0.2, 0.25) is 10.0 Å². The number of nitro groups is 1.